The molecule has 0 spiro atoms. The lowest BCUT2D eigenvalue weighted by Crippen LogP contribution is -2.31. The van der Waals surface area contributed by atoms with E-state index < -0.39 is 28.5 Å². The van der Waals surface area contributed by atoms with Crippen molar-refractivity contribution in [1.82, 2.24) is 5.32 Å². The molecule has 9 heteroatoms. The van der Waals surface area contributed by atoms with Gasteiger partial charge in [-0.2, -0.15) is 0 Å². The summed E-state index contributed by atoms with van der Waals surface area (Å²) >= 11 is 0. The number of sulfonamides is 1. The van der Waals surface area contributed by atoms with Gasteiger partial charge in [-0.05, 0) is 48.2 Å². The fourth-order valence-electron chi connectivity index (χ4n) is 3.94. The number of rotatable bonds is 9. The summed E-state index contributed by atoms with van der Waals surface area (Å²) in [5, 5.41) is 2.70. The van der Waals surface area contributed by atoms with Gasteiger partial charge in [0.2, 0.25) is 0 Å². The maximum atomic E-state index is 13.3. The zero-order chi connectivity index (χ0) is 24.8. The van der Waals surface area contributed by atoms with Gasteiger partial charge in [0.1, 0.15) is 11.3 Å². The number of hydrogen-bond donors (Lipinski definition) is 1. The quantitative estimate of drug-likeness (QED) is 0.459. The second-order valence-corrected chi connectivity index (χ2v) is 9.84. The van der Waals surface area contributed by atoms with Crippen molar-refractivity contribution >= 4 is 27.6 Å². The van der Waals surface area contributed by atoms with Gasteiger partial charge in [-0.15, -0.1) is 0 Å². The molecule has 3 aromatic carbocycles. The van der Waals surface area contributed by atoms with Gasteiger partial charge < -0.3 is 14.8 Å². The molecule has 1 heterocycles. The Labute approximate surface area is 204 Å². The fourth-order valence-corrected chi connectivity index (χ4v) is 5.47. The highest BCUT2D eigenvalue weighted by molar-refractivity contribution is 7.92. The van der Waals surface area contributed by atoms with Crippen LogP contribution in [0, 0.1) is 0 Å². The monoisotopic (exact) mass is 494 g/mol. The van der Waals surface area contributed by atoms with Gasteiger partial charge in [-0.1, -0.05) is 48.5 Å². The number of methoxy groups -OCH3 is 1. The molecule has 3 aromatic rings. The second-order valence-electron chi connectivity index (χ2n) is 7.98. The Balaban J connectivity index is 1.43. The van der Waals surface area contributed by atoms with Gasteiger partial charge in [0.15, 0.2) is 6.61 Å². The maximum absolute atomic E-state index is 13.3. The summed E-state index contributed by atoms with van der Waals surface area (Å²) in [5.74, 6) is -1.15. The molecular weight excluding hydrogens is 468 g/mol. The average molecular weight is 495 g/mol. The first-order valence-electron chi connectivity index (χ1n) is 11.2. The normalized spacial score (nSPS) is 12.7. The number of fused-ring (bicyclic) bond motifs is 1. The first-order chi connectivity index (χ1) is 16.9. The van der Waals surface area contributed by atoms with E-state index in [9.17, 15) is 18.0 Å². The van der Waals surface area contributed by atoms with Gasteiger partial charge >= 0.3 is 5.97 Å². The number of carbonyl (C=O) groups is 2. The van der Waals surface area contributed by atoms with E-state index in [2.05, 4.69) is 5.32 Å². The minimum absolute atomic E-state index is 0.0609. The predicted octanol–water partition coefficient (Wildman–Crippen LogP) is 2.96. The number of para-hydroxylation sites is 1. The third-order valence-corrected chi connectivity index (χ3v) is 7.55. The van der Waals surface area contributed by atoms with Crippen molar-refractivity contribution < 1.29 is 27.5 Å². The number of nitrogens with one attached hydrogen (secondary N) is 1. The molecule has 0 fully saturated rings. The first kappa shape index (κ1) is 24.3. The van der Waals surface area contributed by atoms with Gasteiger partial charge in [-0.25, -0.2) is 13.2 Å². The lowest BCUT2D eigenvalue weighted by Gasteiger charge is -2.20. The predicted molar refractivity (Wildman–Crippen MR) is 131 cm³/mol. The van der Waals surface area contributed by atoms with Gasteiger partial charge in [0.25, 0.3) is 15.9 Å². The molecule has 0 radical (unpaired) electrons. The average Bonchev–Trinajstić information content (AvgIpc) is 3.32. The third-order valence-electron chi connectivity index (χ3n) is 5.74. The van der Waals surface area contributed by atoms with Crippen LogP contribution >= 0.6 is 0 Å². The van der Waals surface area contributed by atoms with Crippen molar-refractivity contribution in [3.63, 3.8) is 0 Å². The van der Waals surface area contributed by atoms with E-state index in [1.807, 2.05) is 42.5 Å². The summed E-state index contributed by atoms with van der Waals surface area (Å²) in [6.07, 6.45) is 1.26. The Morgan fingerprint density at radius 2 is 1.74 bits per heavy atom. The molecule has 0 atom stereocenters. The number of carbonyl (C=O) groups excluding carboxylic acids is 2. The van der Waals surface area contributed by atoms with E-state index in [-0.39, 0.29) is 16.2 Å². The number of hydrogen-bond acceptors (Lipinski definition) is 6. The fraction of sp³-hybridized carbons (Fsp3) is 0.231. The molecule has 1 aliphatic rings. The van der Waals surface area contributed by atoms with E-state index in [1.165, 1.54) is 29.6 Å². The van der Waals surface area contributed by atoms with E-state index in [0.29, 0.717) is 31.6 Å². The lowest BCUT2D eigenvalue weighted by atomic mass is 10.1. The molecule has 0 bridgehead atoms. The maximum Gasteiger partial charge on any atom is 0.342 e. The molecule has 8 nitrogen and oxygen atoms in total. The van der Waals surface area contributed by atoms with Crippen LogP contribution in [0.3, 0.4) is 0 Å². The number of ether oxygens (including phenoxy) is 2. The molecule has 0 saturated carbocycles. The largest absolute Gasteiger partial charge is 0.496 e. The van der Waals surface area contributed by atoms with Gasteiger partial charge in [0, 0.05) is 13.1 Å². The van der Waals surface area contributed by atoms with Gasteiger partial charge in [-0.3, -0.25) is 9.10 Å². The van der Waals surface area contributed by atoms with Crippen LogP contribution in [0.4, 0.5) is 5.69 Å². The zero-order valence-electron chi connectivity index (χ0n) is 19.3. The number of esters is 1. The summed E-state index contributed by atoms with van der Waals surface area (Å²) in [6, 6.07) is 21.0. The zero-order valence-corrected chi connectivity index (χ0v) is 20.1. The topological polar surface area (TPSA) is 102 Å². The number of benzene rings is 3. The van der Waals surface area contributed by atoms with Crippen molar-refractivity contribution in [2.24, 2.45) is 0 Å². The molecule has 0 aromatic heterocycles. The molecule has 1 N–H and O–H groups in total. The minimum atomic E-state index is -3.91. The Bertz CT molecular complexity index is 1320. The van der Waals surface area contributed by atoms with Crippen LogP contribution in [0.15, 0.2) is 77.7 Å². The third kappa shape index (κ3) is 5.46. The van der Waals surface area contributed by atoms with Crippen molar-refractivity contribution in [2.45, 2.75) is 17.7 Å². The molecule has 1 amide bonds. The van der Waals surface area contributed by atoms with Crippen molar-refractivity contribution in [1.29, 1.82) is 0 Å². The SMILES string of the molecule is COc1ccc(S(=O)(=O)N2CCc3ccccc32)cc1C(=O)OCC(=O)NCCc1ccccc1. The summed E-state index contributed by atoms with van der Waals surface area (Å²) in [4.78, 5) is 24.8. The molecule has 182 valence electrons. The minimum Gasteiger partial charge on any atom is -0.496 e. The second kappa shape index (κ2) is 10.6. The first-order valence-corrected chi connectivity index (χ1v) is 12.6. The Hall–Kier alpha value is -3.85. The highest BCUT2D eigenvalue weighted by Crippen LogP contribution is 2.34. The number of nitrogens with zero attached hydrogens (tertiary/aromatic N) is 1. The standard InChI is InChI=1S/C26H26N2O6S/c1-33-24-12-11-21(35(31,32)28-16-14-20-9-5-6-10-23(20)28)17-22(24)26(30)34-18-25(29)27-15-13-19-7-3-2-4-8-19/h2-12,17H,13-16,18H2,1H3,(H,27,29). The molecule has 0 unspecified atom stereocenters. The molecule has 0 saturated heterocycles. The van der Waals surface area contributed by atoms with Crippen LogP contribution in [-0.4, -0.2) is 47.1 Å². The van der Waals surface area contributed by atoms with Crippen LogP contribution < -0.4 is 14.4 Å². The van der Waals surface area contributed by atoms with Crippen LogP contribution in [0.2, 0.25) is 0 Å². The summed E-state index contributed by atoms with van der Waals surface area (Å²) in [5.41, 5.74) is 2.58. The Kier molecular flexibility index (Phi) is 7.36. The van der Waals surface area contributed by atoms with Crippen LogP contribution in [0.1, 0.15) is 21.5 Å². The van der Waals surface area contributed by atoms with E-state index >= 15 is 0 Å². The van der Waals surface area contributed by atoms with Gasteiger partial charge in [0.05, 0.1) is 17.7 Å². The molecule has 1 aliphatic heterocycles. The summed E-state index contributed by atoms with van der Waals surface area (Å²) in [7, 11) is -2.54. The van der Waals surface area contributed by atoms with E-state index in [4.69, 9.17) is 9.47 Å². The molecular formula is C26H26N2O6S. The highest BCUT2D eigenvalue weighted by Gasteiger charge is 2.31. The molecule has 35 heavy (non-hydrogen) atoms. The van der Waals surface area contributed by atoms with Crippen LogP contribution in [-0.2, 0) is 32.4 Å². The van der Waals surface area contributed by atoms with Crippen LogP contribution in [0.25, 0.3) is 0 Å². The Morgan fingerprint density at radius 3 is 2.51 bits per heavy atom. The van der Waals surface area contributed by atoms with Crippen molar-refractivity contribution in [3.8, 4) is 5.75 Å². The number of anilines is 1. The van der Waals surface area contributed by atoms with E-state index in [0.717, 1.165) is 11.1 Å². The number of amides is 1. The highest BCUT2D eigenvalue weighted by atomic mass is 32.2. The van der Waals surface area contributed by atoms with Crippen molar-refractivity contribution in [3.05, 3.63) is 89.5 Å². The van der Waals surface area contributed by atoms with Crippen LogP contribution in [0.5, 0.6) is 5.75 Å². The smallest absolute Gasteiger partial charge is 0.342 e. The summed E-state index contributed by atoms with van der Waals surface area (Å²) in [6.45, 7) is 0.221. The summed E-state index contributed by atoms with van der Waals surface area (Å²) < 4.78 is 38.4. The van der Waals surface area contributed by atoms with E-state index in [1.54, 1.807) is 12.1 Å². The lowest BCUT2D eigenvalue weighted by molar-refractivity contribution is -0.124. The van der Waals surface area contributed by atoms with Crippen molar-refractivity contribution in [2.75, 3.05) is 31.1 Å². The molecule has 0 aliphatic carbocycles. The molecule has 4 rings (SSSR count). The Morgan fingerprint density at radius 1 is 1.00 bits per heavy atom.